The second kappa shape index (κ2) is 8.48. The summed E-state index contributed by atoms with van der Waals surface area (Å²) in [6.07, 6.45) is 7.92. The van der Waals surface area contributed by atoms with E-state index >= 15 is 0 Å². The maximum absolute atomic E-state index is 5.98. The van der Waals surface area contributed by atoms with Gasteiger partial charge in [-0.3, -0.25) is 4.98 Å². The third kappa shape index (κ3) is 4.72. The summed E-state index contributed by atoms with van der Waals surface area (Å²) < 4.78 is 11.2. The molecular weight excluding hydrogens is 354 g/mol. The Balaban J connectivity index is 1.31. The first-order chi connectivity index (χ1) is 13.7. The number of ether oxygens (including phenoxy) is 1. The third-order valence-electron chi connectivity index (χ3n) is 4.96. The number of aryl methyl sites for hydroxylation is 2. The fraction of sp³-hybridized carbons (Fsp3) is 0.429. The van der Waals surface area contributed by atoms with Crippen molar-refractivity contribution in [2.45, 2.75) is 58.3 Å². The standard InChI is InChI=1S/C21H25N5O2/c1-14-12-20(25-21(23-14)16-7-9-22-10-8-16)24-17-3-5-18(6-4-17)27-13-19-11-15(2)26-28-19/h7-12,17-18H,3-6,13H2,1-2H3,(H,23,24,25). The zero-order valence-electron chi connectivity index (χ0n) is 16.3. The van der Waals surface area contributed by atoms with Crippen LogP contribution in [0.5, 0.6) is 0 Å². The Morgan fingerprint density at radius 1 is 1.04 bits per heavy atom. The second-order valence-corrected chi connectivity index (χ2v) is 7.32. The molecule has 0 amide bonds. The summed E-state index contributed by atoms with van der Waals surface area (Å²) in [5.41, 5.74) is 2.81. The van der Waals surface area contributed by atoms with Crippen LogP contribution in [0, 0.1) is 13.8 Å². The van der Waals surface area contributed by atoms with E-state index in [9.17, 15) is 0 Å². The van der Waals surface area contributed by atoms with E-state index < -0.39 is 0 Å². The number of rotatable bonds is 6. The summed E-state index contributed by atoms with van der Waals surface area (Å²) in [5, 5.41) is 7.47. The van der Waals surface area contributed by atoms with Gasteiger partial charge in [0, 0.05) is 41.8 Å². The van der Waals surface area contributed by atoms with Gasteiger partial charge in [-0.15, -0.1) is 0 Å². The topological polar surface area (TPSA) is 86.0 Å². The summed E-state index contributed by atoms with van der Waals surface area (Å²) >= 11 is 0. The number of anilines is 1. The quantitative estimate of drug-likeness (QED) is 0.690. The lowest BCUT2D eigenvalue weighted by molar-refractivity contribution is 0.00496. The van der Waals surface area contributed by atoms with E-state index in [1.807, 2.05) is 38.1 Å². The molecule has 0 atom stereocenters. The van der Waals surface area contributed by atoms with Crippen molar-refractivity contribution in [3.05, 3.63) is 53.8 Å². The van der Waals surface area contributed by atoms with Crippen LogP contribution < -0.4 is 5.32 Å². The molecule has 4 rings (SSSR count). The Morgan fingerprint density at radius 2 is 1.82 bits per heavy atom. The van der Waals surface area contributed by atoms with Gasteiger partial charge >= 0.3 is 0 Å². The van der Waals surface area contributed by atoms with E-state index in [1.165, 1.54) is 0 Å². The van der Waals surface area contributed by atoms with Crippen molar-refractivity contribution < 1.29 is 9.26 Å². The van der Waals surface area contributed by atoms with Crippen LogP contribution >= 0.6 is 0 Å². The Bertz CT molecular complexity index is 904. The summed E-state index contributed by atoms with van der Waals surface area (Å²) in [6, 6.07) is 8.17. The van der Waals surface area contributed by atoms with Crippen LogP contribution in [0.2, 0.25) is 0 Å². The minimum atomic E-state index is 0.267. The van der Waals surface area contributed by atoms with Crippen molar-refractivity contribution in [3.63, 3.8) is 0 Å². The van der Waals surface area contributed by atoms with Crippen molar-refractivity contribution in [1.29, 1.82) is 0 Å². The Morgan fingerprint density at radius 3 is 2.54 bits per heavy atom. The summed E-state index contributed by atoms with van der Waals surface area (Å²) in [7, 11) is 0. The molecule has 0 saturated heterocycles. The predicted molar refractivity (Wildman–Crippen MR) is 106 cm³/mol. The van der Waals surface area contributed by atoms with Crippen LogP contribution in [0.4, 0.5) is 5.82 Å². The molecule has 3 aromatic rings. The zero-order valence-corrected chi connectivity index (χ0v) is 16.3. The van der Waals surface area contributed by atoms with Gasteiger partial charge in [0.1, 0.15) is 12.4 Å². The maximum Gasteiger partial charge on any atom is 0.162 e. The molecular formula is C21H25N5O2. The average Bonchev–Trinajstić information content (AvgIpc) is 3.13. The molecule has 0 spiro atoms. The summed E-state index contributed by atoms with van der Waals surface area (Å²) in [4.78, 5) is 13.3. The molecule has 1 aliphatic carbocycles. The van der Waals surface area contributed by atoms with Crippen LogP contribution in [0.25, 0.3) is 11.4 Å². The highest BCUT2D eigenvalue weighted by Crippen LogP contribution is 2.25. The van der Waals surface area contributed by atoms with Crippen molar-refractivity contribution in [2.75, 3.05) is 5.32 Å². The van der Waals surface area contributed by atoms with Crippen molar-refractivity contribution >= 4 is 5.82 Å². The van der Waals surface area contributed by atoms with Gasteiger partial charge in [-0.05, 0) is 51.7 Å². The van der Waals surface area contributed by atoms with Gasteiger partial charge in [0.25, 0.3) is 0 Å². The monoisotopic (exact) mass is 379 g/mol. The van der Waals surface area contributed by atoms with Crippen LogP contribution in [-0.4, -0.2) is 32.3 Å². The lowest BCUT2D eigenvalue weighted by Crippen LogP contribution is -2.30. The average molecular weight is 379 g/mol. The number of hydrogen-bond donors (Lipinski definition) is 1. The zero-order chi connectivity index (χ0) is 19.3. The lowest BCUT2D eigenvalue weighted by Gasteiger charge is -2.29. The molecule has 3 heterocycles. The van der Waals surface area contributed by atoms with Crippen LogP contribution in [0.3, 0.4) is 0 Å². The highest BCUT2D eigenvalue weighted by molar-refractivity contribution is 5.56. The second-order valence-electron chi connectivity index (χ2n) is 7.32. The highest BCUT2D eigenvalue weighted by Gasteiger charge is 2.22. The number of hydrogen-bond acceptors (Lipinski definition) is 7. The molecule has 28 heavy (non-hydrogen) atoms. The lowest BCUT2D eigenvalue weighted by atomic mass is 9.93. The van der Waals surface area contributed by atoms with Gasteiger partial charge < -0.3 is 14.6 Å². The smallest absolute Gasteiger partial charge is 0.162 e. The molecule has 0 aromatic carbocycles. The molecule has 146 valence electrons. The van der Waals surface area contributed by atoms with Crippen molar-refractivity contribution in [1.82, 2.24) is 20.1 Å². The molecule has 0 bridgehead atoms. The third-order valence-corrected chi connectivity index (χ3v) is 4.96. The summed E-state index contributed by atoms with van der Waals surface area (Å²) in [6.45, 7) is 4.40. The summed E-state index contributed by atoms with van der Waals surface area (Å²) in [5.74, 6) is 2.39. The Hall–Kier alpha value is -2.80. The highest BCUT2D eigenvalue weighted by atomic mass is 16.5. The molecule has 3 aromatic heterocycles. The minimum absolute atomic E-state index is 0.267. The van der Waals surface area contributed by atoms with E-state index in [-0.39, 0.29) is 6.10 Å². The first kappa shape index (κ1) is 18.6. The van der Waals surface area contributed by atoms with E-state index in [4.69, 9.17) is 14.2 Å². The van der Waals surface area contributed by atoms with Crippen LogP contribution in [0.15, 0.2) is 41.2 Å². The number of aromatic nitrogens is 4. The molecule has 0 radical (unpaired) electrons. The van der Waals surface area contributed by atoms with Gasteiger partial charge in [0.2, 0.25) is 0 Å². The van der Waals surface area contributed by atoms with Crippen LogP contribution in [-0.2, 0) is 11.3 Å². The normalized spacial score (nSPS) is 19.5. The fourth-order valence-corrected chi connectivity index (χ4v) is 3.54. The van der Waals surface area contributed by atoms with Crippen LogP contribution in [0.1, 0.15) is 42.8 Å². The number of pyridine rings is 1. The number of nitrogens with zero attached hydrogens (tertiary/aromatic N) is 4. The first-order valence-corrected chi connectivity index (χ1v) is 9.72. The fourth-order valence-electron chi connectivity index (χ4n) is 3.54. The molecule has 1 N–H and O–H groups in total. The van der Waals surface area contributed by atoms with Gasteiger partial charge in [0.05, 0.1) is 11.8 Å². The van der Waals surface area contributed by atoms with Crippen molar-refractivity contribution in [3.8, 4) is 11.4 Å². The maximum atomic E-state index is 5.98. The Kier molecular flexibility index (Phi) is 5.62. The van der Waals surface area contributed by atoms with Gasteiger partial charge in [-0.2, -0.15) is 0 Å². The van der Waals surface area contributed by atoms with E-state index in [2.05, 4.69) is 20.4 Å². The molecule has 7 heteroatoms. The molecule has 7 nitrogen and oxygen atoms in total. The first-order valence-electron chi connectivity index (χ1n) is 9.72. The van der Waals surface area contributed by atoms with Gasteiger partial charge in [-0.1, -0.05) is 5.16 Å². The van der Waals surface area contributed by atoms with E-state index in [0.717, 1.165) is 60.0 Å². The van der Waals surface area contributed by atoms with Gasteiger partial charge in [0.15, 0.2) is 11.6 Å². The number of nitrogens with one attached hydrogen (secondary N) is 1. The molecule has 1 aliphatic rings. The largest absolute Gasteiger partial charge is 0.370 e. The van der Waals surface area contributed by atoms with Gasteiger partial charge in [-0.25, -0.2) is 9.97 Å². The molecule has 0 unspecified atom stereocenters. The van der Waals surface area contributed by atoms with E-state index in [0.29, 0.717) is 12.6 Å². The molecule has 1 saturated carbocycles. The molecule has 0 aliphatic heterocycles. The minimum Gasteiger partial charge on any atom is -0.370 e. The molecule has 1 fully saturated rings. The van der Waals surface area contributed by atoms with Crippen molar-refractivity contribution in [2.24, 2.45) is 0 Å². The SMILES string of the molecule is Cc1cc(COC2CCC(Nc3cc(C)nc(-c4ccncc4)n3)CC2)on1. The predicted octanol–water partition coefficient (Wildman–Crippen LogP) is 4.08. The van der Waals surface area contributed by atoms with E-state index in [1.54, 1.807) is 12.4 Å². The Labute approximate surface area is 164 Å².